The van der Waals surface area contributed by atoms with Gasteiger partial charge in [0.2, 0.25) is 0 Å². The van der Waals surface area contributed by atoms with E-state index in [9.17, 15) is 0 Å². The highest BCUT2D eigenvalue weighted by molar-refractivity contribution is 6.18. The first-order chi connectivity index (χ1) is 38.7. The molecule has 0 aliphatic heterocycles. The molecule has 0 spiro atoms. The van der Waals surface area contributed by atoms with Crippen LogP contribution in [0.4, 0.5) is 0 Å². The highest BCUT2D eigenvalue weighted by atomic mass is 15.0. The predicted octanol–water partition coefficient (Wildman–Crippen LogP) is 20.4. The van der Waals surface area contributed by atoms with Crippen molar-refractivity contribution < 1.29 is 0 Å². The molecule has 1 heteroatoms. The van der Waals surface area contributed by atoms with Gasteiger partial charge in [0.25, 0.3) is 0 Å². The van der Waals surface area contributed by atoms with Gasteiger partial charge in [-0.3, -0.25) is 0 Å². The summed E-state index contributed by atoms with van der Waals surface area (Å²) in [5.74, 6) is 0. The molecule has 14 aromatic carbocycles. The average Bonchev–Trinajstić information content (AvgIpc) is 3.81. The van der Waals surface area contributed by atoms with Gasteiger partial charge in [0.15, 0.2) is 0 Å². The van der Waals surface area contributed by atoms with Crippen LogP contribution < -0.4 is 0 Å². The Morgan fingerprint density at radius 1 is 0.218 bits per heavy atom. The van der Waals surface area contributed by atoms with Crippen LogP contribution in [-0.2, 0) is 5.41 Å². The Balaban J connectivity index is 0.940. The van der Waals surface area contributed by atoms with Crippen LogP contribution in [0.3, 0.4) is 0 Å². The van der Waals surface area contributed by atoms with E-state index in [1.165, 1.54) is 143 Å². The lowest BCUT2D eigenvalue weighted by molar-refractivity contribution is 0.768. The third-order valence-electron chi connectivity index (χ3n) is 17.0. The summed E-state index contributed by atoms with van der Waals surface area (Å²) < 4.78 is 2.53. The first kappa shape index (κ1) is 44.2. The van der Waals surface area contributed by atoms with E-state index >= 15 is 0 Å². The topological polar surface area (TPSA) is 4.93 Å². The Morgan fingerprint density at radius 2 is 0.603 bits per heavy atom. The lowest BCUT2D eigenvalue weighted by atomic mass is 9.67. The fourth-order valence-electron chi connectivity index (χ4n) is 13.5. The highest BCUT2D eigenvalue weighted by Crippen LogP contribution is 2.57. The van der Waals surface area contributed by atoms with Gasteiger partial charge in [-0.1, -0.05) is 243 Å². The minimum Gasteiger partial charge on any atom is -0.309 e. The summed E-state index contributed by atoms with van der Waals surface area (Å²) in [5, 5.41) is 12.5. The molecular formula is C77H49N. The number of fused-ring (bicyclic) bond motifs is 12. The van der Waals surface area contributed by atoms with Gasteiger partial charge < -0.3 is 4.57 Å². The number of hydrogen-bond donors (Lipinski definition) is 0. The molecule has 1 aliphatic rings. The molecule has 0 saturated carbocycles. The lowest BCUT2D eigenvalue weighted by Crippen LogP contribution is -2.28. The number of rotatable bonds is 7. The van der Waals surface area contributed by atoms with Crippen molar-refractivity contribution in [2.45, 2.75) is 5.41 Å². The molecule has 0 radical (unpaired) electrons. The zero-order valence-electron chi connectivity index (χ0n) is 42.7. The zero-order chi connectivity index (χ0) is 51.3. The van der Waals surface area contributed by atoms with Gasteiger partial charge in [0.1, 0.15) is 0 Å². The quantitative estimate of drug-likeness (QED) is 0.140. The Labute approximate surface area is 453 Å². The molecule has 362 valence electrons. The van der Waals surface area contributed by atoms with Gasteiger partial charge in [0, 0.05) is 16.5 Å². The number of hydrogen-bond acceptors (Lipinski definition) is 0. The number of nitrogens with zero attached hydrogens (tertiary/aromatic N) is 1. The van der Waals surface area contributed by atoms with Crippen LogP contribution in [0.2, 0.25) is 0 Å². The van der Waals surface area contributed by atoms with Crippen molar-refractivity contribution in [1.82, 2.24) is 4.57 Å². The molecule has 0 unspecified atom stereocenters. The van der Waals surface area contributed by atoms with E-state index in [-0.39, 0.29) is 0 Å². The normalized spacial score (nSPS) is 12.7. The number of benzene rings is 14. The second-order valence-corrected chi connectivity index (χ2v) is 21.1. The Morgan fingerprint density at radius 3 is 1.13 bits per heavy atom. The predicted molar refractivity (Wildman–Crippen MR) is 330 cm³/mol. The van der Waals surface area contributed by atoms with Gasteiger partial charge in [-0.2, -0.15) is 0 Å². The summed E-state index contributed by atoms with van der Waals surface area (Å²) in [6.45, 7) is 0. The van der Waals surface area contributed by atoms with Crippen molar-refractivity contribution in [1.29, 1.82) is 0 Å². The van der Waals surface area contributed by atoms with Gasteiger partial charge in [-0.15, -0.1) is 0 Å². The fraction of sp³-hybridized carbons (Fsp3) is 0.0130. The summed E-state index contributed by atoms with van der Waals surface area (Å²) >= 11 is 0. The van der Waals surface area contributed by atoms with E-state index in [1.807, 2.05) is 0 Å². The van der Waals surface area contributed by atoms with E-state index in [0.717, 1.165) is 5.69 Å². The molecular weight excluding hydrogens is 939 g/mol. The molecule has 1 aromatic heterocycles. The van der Waals surface area contributed by atoms with Crippen LogP contribution in [0.5, 0.6) is 0 Å². The van der Waals surface area contributed by atoms with Gasteiger partial charge >= 0.3 is 0 Å². The Hall–Kier alpha value is -10.1. The van der Waals surface area contributed by atoms with E-state index in [1.54, 1.807) is 0 Å². The van der Waals surface area contributed by atoms with Gasteiger partial charge in [-0.25, -0.2) is 0 Å². The van der Waals surface area contributed by atoms with Crippen molar-refractivity contribution in [2.24, 2.45) is 0 Å². The molecule has 1 aliphatic carbocycles. The monoisotopic (exact) mass is 987 g/mol. The summed E-state index contributed by atoms with van der Waals surface area (Å²) in [5.41, 5.74) is 20.1. The van der Waals surface area contributed by atoms with Crippen LogP contribution >= 0.6 is 0 Å². The van der Waals surface area contributed by atoms with Crippen molar-refractivity contribution in [3.05, 3.63) is 320 Å². The van der Waals surface area contributed by atoms with Crippen molar-refractivity contribution in [2.75, 3.05) is 0 Å². The molecule has 1 nitrogen and oxygen atoms in total. The SMILES string of the molecule is c1ccc(-c2ccc(-c3ccc4c(c3)C(c3ccccc3)(c3ccccc3)c3cc(-n5c6ccc(-c7cc8ccccc8c8ccccc78)cc6c6cc(-c7cc8ccccc8c8ccccc78)ccc65)ccc3-4)cc2)cc1. The molecule has 0 fully saturated rings. The first-order valence-corrected chi connectivity index (χ1v) is 27.1. The molecule has 15 aromatic rings. The molecule has 78 heavy (non-hydrogen) atoms. The summed E-state index contributed by atoms with van der Waals surface area (Å²) in [4.78, 5) is 0. The number of aromatic nitrogens is 1. The second-order valence-electron chi connectivity index (χ2n) is 21.1. The zero-order valence-corrected chi connectivity index (χ0v) is 42.7. The largest absolute Gasteiger partial charge is 0.309 e. The Bertz CT molecular complexity index is 4660. The maximum absolute atomic E-state index is 2.53. The lowest BCUT2D eigenvalue weighted by Gasteiger charge is -2.34. The first-order valence-electron chi connectivity index (χ1n) is 27.1. The average molecular weight is 988 g/mol. The summed E-state index contributed by atoms with van der Waals surface area (Å²) in [6, 6.07) is 111. The molecule has 0 saturated heterocycles. The molecule has 0 bridgehead atoms. The minimum absolute atomic E-state index is 0.615. The Kier molecular flexibility index (Phi) is 9.92. The van der Waals surface area contributed by atoms with Crippen molar-refractivity contribution in [3.8, 4) is 61.3 Å². The maximum atomic E-state index is 2.53. The summed E-state index contributed by atoms with van der Waals surface area (Å²) in [7, 11) is 0. The van der Waals surface area contributed by atoms with E-state index in [4.69, 9.17) is 0 Å². The minimum atomic E-state index is -0.615. The van der Waals surface area contributed by atoms with Crippen LogP contribution in [-0.4, -0.2) is 4.57 Å². The summed E-state index contributed by atoms with van der Waals surface area (Å²) in [6.07, 6.45) is 0. The van der Waals surface area contributed by atoms with Gasteiger partial charge in [0.05, 0.1) is 16.4 Å². The van der Waals surface area contributed by atoms with Crippen molar-refractivity contribution >= 4 is 64.9 Å². The van der Waals surface area contributed by atoms with E-state index < -0.39 is 5.41 Å². The molecule has 1 heterocycles. The van der Waals surface area contributed by atoms with Crippen molar-refractivity contribution in [3.63, 3.8) is 0 Å². The third-order valence-corrected chi connectivity index (χ3v) is 17.0. The van der Waals surface area contributed by atoms with E-state index in [2.05, 4.69) is 302 Å². The molecule has 0 atom stereocenters. The third kappa shape index (κ3) is 6.68. The maximum Gasteiger partial charge on any atom is 0.0714 e. The van der Waals surface area contributed by atoms with Crippen LogP contribution in [0.25, 0.3) is 126 Å². The van der Waals surface area contributed by atoms with Crippen LogP contribution in [0, 0.1) is 0 Å². The fourth-order valence-corrected chi connectivity index (χ4v) is 13.5. The second kappa shape index (κ2) is 17.5. The van der Waals surface area contributed by atoms with Crippen LogP contribution in [0.1, 0.15) is 22.3 Å². The molecule has 0 amide bonds. The molecule has 16 rings (SSSR count). The molecule has 0 N–H and O–H groups in total. The highest BCUT2D eigenvalue weighted by Gasteiger charge is 2.46. The standard InChI is InChI=1S/C77H49N/c1-4-18-50(19-5-1)51-32-34-52(35-33-51)53-36-40-67-68-41-39-60(49-74(68)77(73(67)48-53,58-22-6-2-7-23-58)59-24-8-3-9-25-59)78-75-42-37-56(69-44-54-20-10-12-26-61(54)63-28-14-16-30-65(63)69)46-71(75)72-47-57(38-43-76(72)78)70-45-55-21-11-13-27-62(55)64-29-15-17-31-66(64)70/h1-49H. The smallest absolute Gasteiger partial charge is 0.0714 e. The van der Waals surface area contributed by atoms with E-state index in [0.29, 0.717) is 0 Å². The van der Waals surface area contributed by atoms with Crippen LogP contribution in [0.15, 0.2) is 297 Å². The van der Waals surface area contributed by atoms with Gasteiger partial charge in [-0.05, 0) is 176 Å².